The number of ether oxygens (including phenoxy) is 2. The smallest absolute Gasteiger partial charge is 0.141 e. The van der Waals surface area contributed by atoms with E-state index < -0.39 is 0 Å². The normalized spacial score (nSPS) is 20.2. The Morgan fingerprint density at radius 1 is 1.56 bits per heavy atom. The first-order valence-electron chi connectivity index (χ1n) is 5.11. The van der Waals surface area contributed by atoms with E-state index in [1.54, 1.807) is 7.11 Å². The maximum Gasteiger partial charge on any atom is 0.141 e. The van der Waals surface area contributed by atoms with E-state index in [-0.39, 0.29) is 5.92 Å². The molecule has 1 fully saturated rings. The van der Waals surface area contributed by atoms with E-state index in [2.05, 4.69) is 25.9 Å². The monoisotopic (exact) mass is 287 g/mol. The SMILES string of the molecule is COCc1nc(C2CCOC2)nc(N)c1Br. The van der Waals surface area contributed by atoms with Crippen LogP contribution in [0, 0.1) is 0 Å². The molecule has 1 atom stereocenters. The van der Waals surface area contributed by atoms with Gasteiger partial charge < -0.3 is 15.2 Å². The predicted octanol–water partition coefficient (Wildman–Crippen LogP) is 1.47. The standard InChI is InChI=1S/C10H14BrN3O2/c1-15-5-7-8(11)9(12)14-10(13-7)6-2-3-16-4-6/h6H,2-5H2,1H3,(H2,12,13,14). The first-order valence-corrected chi connectivity index (χ1v) is 5.90. The molecule has 0 aromatic carbocycles. The zero-order chi connectivity index (χ0) is 11.5. The van der Waals surface area contributed by atoms with Crippen molar-refractivity contribution in [3.05, 3.63) is 16.0 Å². The molecule has 0 amide bonds. The number of aromatic nitrogens is 2. The van der Waals surface area contributed by atoms with E-state index in [0.29, 0.717) is 19.0 Å². The van der Waals surface area contributed by atoms with Crippen LogP contribution in [-0.4, -0.2) is 30.3 Å². The van der Waals surface area contributed by atoms with Crippen molar-refractivity contribution in [2.75, 3.05) is 26.1 Å². The Morgan fingerprint density at radius 3 is 3.00 bits per heavy atom. The lowest BCUT2D eigenvalue weighted by Gasteiger charge is -2.11. The van der Waals surface area contributed by atoms with Crippen molar-refractivity contribution in [1.29, 1.82) is 0 Å². The minimum Gasteiger partial charge on any atom is -0.383 e. The van der Waals surface area contributed by atoms with Gasteiger partial charge in [-0.15, -0.1) is 0 Å². The number of nitrogens with zero attached hydrogens (tertiary/aromatic N) is 2. The molecular weight excluding hydrogens is 274 g/mol. The fourth-order valence-electron chi connectivity index (χ4n) is 1.69. The van der Waals surface area contributed by atoms with Crippen LogP contribution in [0.4, 0.5) is 5.82 Å². The molecule has 1 aliphatic heterocycles. The third kappa shape index (κ3) is 2.34. The second-order valence-electron chi connectivity index (χ2n) is 3.72. The molecular formula is C10H14BrN3O2. The van der Waals surface area contributed by atoms with Crippen molar-refractivity contribution in [2.24, 2.45) is 0 Å². The van der Waals surface area contributed by atoms with Crippen LogP contribution in [-0.2, 0) is 16.1 Å². The Labute approximate surface area is 102 Å². The molecule has 5 nitrogen and oxygen atoms in total. The molecule has 1 aromatic heterocycles. The summed E-state index contributed by atoms with van der Waals surface area (Å²) in [6, 6.07) is 0. The summed E-state index contributed by atoms with van der Waals surface area (Å²) in [5, 5.41) is 0. The van der Waals surface area contributed by atoms with E-state index in [9.17, 15) is 0 Å². The summed E-state index contributed by atoms with van der Waals surface area (Å²) in [5.41, 5.74) is 6.61. The topological polar surface area (TPSA) is 70.3 Å². The first kappa shape index (κ1) is 11.8. The van der Waals surface area contributed by atoms with Gasteiger partial charge in [-0.3, -0.25) is 0 Å². The molecule has 0 spiro atoms. The summed E-state index contributed by atoms with van der Waals surface area (Å²) in [7, 11) is 1.63. The van der Waals surface area contributed by atoms with Crippen LogP contribution < -0.4 is 5.73 Å². The third-order valence-electron chi connectivity index (χ3n) is 2.54. The number of nitrogens with two attached hydrogens (primary N) is 1. The summed E-state index contributed by atoms with van der Waals surface area (Å²) < 4.78 is 11.1. The molecule has 0 bridgehead atoms. The van der Waals surface area contributed by atoms with Gasteiger partial charge in [-0.05, 0) is 22.4 Å². The minimum atomic E-state index is 0.256. The van der Waals surface area contributed by atoms with Crippen molar-refractivity contribution in [3.63, 3.8) is 0 Å². The molecule has 16 heavy (non-hydrogen) atoms. The molecule has 2 N–H and O–H groups in total. The van der Waals surface area contributed by atoms with Gasteiger partial charge in [0.15, 0.2) is 0 Å². The molecule has 1 unspecified atom stereocenters. The number of rotatable bonds is 3. The van der Waals surface area contributed by atoms with Gasteiger partial charge in [-0.1, -0.05) is 0 Å². The highest BCUT2D eigenvalue weighted by Crippen LogP contribution is 2.27. The number of halogens is 1. The second kappa shape index (κ2) is 5.07. The minimum absolute atomic E-state index is 0.256. The van der Waals surface area contributed by atoms with Crippen molar-refractivity contribution >= 4 is 21.7 Å². The van der Waals surface area contributed by atoms with Gasteiger partial charge in [0, 0.05) is 19.6 Å². The van der Waals surface area contributed by atoms with Gasteiger partial charge in [0.2, 0.25) is 0 Å². The van der Waals surface area contributed by atoms with Gasteiger partial charge in [-0.25, -0.2) is 9.97 Å². The number of nitrogen functional groups attached to an aromatic ring is 1. The van der Waals surface area contributed by atoms with Crippen molar-refractivity contribution < 1.29 is 9.47 Å². The van der Waals surface area contributed by atoms with Crippen LogP contribution in [0.1, 0.15) is 23.9 Å². The lowest BCUT2D eigenvalue weighted by atomic mass is 10.1. The Hall–Kier alpha value is -0.720. The van der Waals surface area contributed by atoms with Crippen molar-refractivity contribution in [2.45, 2.75) is 18.9 Å². The fraction of sp³-hybridized carbons (Fsp3) is 0.600. The van der Waals surface area contributed by atoms with Crippen LogP contribution in [0.5, 0.6) is 0 Å². The molecule has 0 saturated carbocycles. The lowest BCUT2D eigenvalue weighted by Crippen LogP contribution is -2.10. The summed E-state index contributed by atoms with van der Waals surface area (Å²) in [6.07, 6.45) is 0.952. The summed E-state index contributed by atoms with van der Waals surface area (Å²) >= 11 is 3.36. The first-order chi connectivity index (χ1) is 7.72. The second-order valence-corrected chi connectivity index (χ2v) is 4.51. The Balaban J connectivity index is 2.31. The maximum atomic E-state index is 5.82. The Morgan fingerprint density at radius 2 is 2.38 bits per heavy atom. The van der Waals surface area contributed by atoms with Crippen LogP contribution in [0.15, 0.2) is 4.47 Å². The Bertz CT molecular complexity index is 381. The van der Waals surface area contributed by atoms with E-state index in [1.165, 1.54) is 0 Å². The van der Waals surface area contributed by atoms with Crippen LogP contribution in [0.25, 0.3) is 0 Å². The average Bonchev–Trinajstić information content (AvgIpc) is 2.78. The van der Waals surface area contributed by atoms with Crippen molar-refractivity contribution in [1.82, 2.24) is 9.97 Å². The van der Waals surface area contributed by atoms with E-state index in [1.807, 2.05) is 0 Å². The molecule has 2 rings (SSSR count). The predicted molar refractivity (Wildman–Crippen MR) is 63.0 cm³/mol. The number of hydrogen-bond acceptors (Lipinski definition) is 5. The molecule has 1 saturated heterocycles. The zero-order valence-corrected chi connectivity index (χ0v) is 10.7. The number of anilines is 1. The van der Waals surface area contributed by atoms with E-state index in [4.69, 9.17) is 15.2 Å². The average molecular weight is 288 g/mol. The molecule has 0 aliphatic carbocycles. The van der Waals surface area contributed by atoms with Gasteiger partial charge in [0.05, 0.1) is 23.4 Å². The molecule has 88 valence electrons. The lowest BCUT2D eigenvalue weighted by molar-refractivity contribution is 0.180. The van der Waals surface area contributed by atoms with Crippen LogP contribution in [0.3, 0.4) is 0 Å². The summed E-state index contributed by atoms with van der Waals surface area (Å²) in [6.45, 7) is 1.87. The molecule has 0 radical (unpaired) electrons. The Kier molecular flexibility index (Phi) is 3.73. The molecule has 6 heteroatoms. The van der Waals surface area contributed by atoms with Crippen LogP contribution >= 0.6 is 15.9 Å². The van der Waals surface area contributed by atoms with E-state index in [0.717, 1.165) is 29.0 Å². The highest BCUT2D eigenvalue weighted by atomic mass is 79.9. The number of hydrogen-bond donors (Lipinski definition) is 1. The molecule has 1 aromatic rings. The zero-order valence-electron chi connectivity index (χ0n) is 9.07. The fourth-order valence-corrected chi connectivity index (χ4v) is 1.98. The highest BCUT2D eigenvalue weighted by Gasteiger charge is 2.22. The van der Waals surface area contributed by atoms with Gasteiger partial charge in [-0.2, -0.15) is 0 Å². The summed E-state index contributed by atoms with van der Waals surface area (Å²) in [4.78, 5) is 8.74. The quantitative estimate of drug-likeness (QED) is 0.912. The highest BCUT2D eigenvalue weighted by molar-refractivity contribution is 9.10. The van der Waals surface area contributed by atoms with E-state index >= 15 is 0 Å². The largest absolute Gasteiger partial charge is 0.383 e. The van der Waals surface area contributed by atoms with Crippen LogP contribution in [0.2, 0.25) is 0 Å². The number of methoxy groups -OCH3 is 1. The maximum absolute atomic E-state index is 5.82. The molecule has 2 heterocycles. The van der Waals surface area contributed by atoms with Gasteiger partial charge in [0.1, 0.15) is 11.6 Å². The third-order valence-corrected chi connectivity index (χ3v) is 3.40. The van der Waals surface area contributed by atoms with Gasteiger partial charge in [0.25, 0.3) is 0 Å². The summed E-state index contributed by atoms with van der Waals surface area (Å²) in [5.74, 6) is 1.47. The molecule has 1 aliphatic rings. The van der Waals surface area contributed by atoms with Gasteiger partial charge >= 0.3 is 0 Å². The van der Waals surface area contributed by atoms with Crippen molar-refractivity contribution in [3.8, 4) is 0 Å².